The van der Waals surface area contributed by atoms with E-state index in [-0.39, 0.29) is 29.6 Å². The van der Waals surface area contributed by atoms with Crippen LogP contribution in [-0.2, 0) is 25.6 Å². The van der Waals surface area contributed by atoms with Gasteiger partial charge >= 0.3 is 11.9 Å². The third kappa shape index (κ3) is 3.08. The van der Waals surface area contributed by atoms with Gasteiger partial charge in [-0.25, -0.2) is 14.3 Å². The molecule has 0 amide bonds. The van der Waals surface area contributed by atoms with Crippen LogP contribution in [0.1, 0.15) is 75.9 Å². The van der Waals surface area contributed by atoms with Crippen molar-refractivity contribution in [1.29, 1.82) is 0 Å². The topological polar surface area (TPSA) is 102 Å². The largest absolute Gasteiger partial charge is 0.450 e. The number of hydrogen-bond donors (Lipinski definition) is 1. The number of esters is 2. The first-order valence-corrected chi connectivity index (χ1v) is 15.1. The van der Waals surface area contributed by atoms with Gasteiger partial charge in [0.1, 0.15) is 0 Å². The number of carbonyl (C=O) groups excluding carboxylic acids is 2. The predicted molar refractivity (Wildman–Crippen MR) is 138 cm³/mol. The lowest BCUT2D eigenvalue weighted by Gasteiger charge is -2.38. The van der Waals surface area contributed by atoms with E-state index in [1.807, 2.05) is 0 Å². The van der Waals surface area contributed by atoms with Crippen LogP contribution in [0, 0.1) is 0 Å². The van der Waals surface area contributed by atoms with Gasteiger partial charge in [0.2, 0.25) is 0 Å². The van der Waals surface area contributed by atoms with Crippen molar-refractivity contribution in [3.8, 4) is 0 Å². The Morgan fingerprint density at radius 2 is 1.49 bits per heavy atom. The molecule has 1 unspecified atom stereocenters. The number of piperidine rings is 2. The minimum atomic E-state index is -0.409. The summed E-state index contributed by atoms with van der Waals surface area (Å²) in [6.07, 6.45) is 16.1. The zero-order valence-corrected chi connectivity index (χ0v) is 22.3. The van der Waals surface area contributed by atoms with Crippen molar-refractivity contribution in [2.75, 3.05) is 13.1 Å². The molecule has 1 aromatic heterocycles. The number of nitrogens with zero attached hydrogens (tertiary/aromatic N) is 5. The van der Waals surface area contributed by atoms with Crippen molar-refractivity contribution in [1.82, 2.24) is 30.1 Å². The summed E-state index contributed by atoms with van der Waals surface area (Å²) >= 11 is 0. The molecule has 6 aliphatic heterocycles. The van der Waals surface area contributed by atoms with Crippen LogP contribution in [0.2, 0.25) is 0 Å². The predicted octanol–water partition coefficient (Wildman–Crippen LogP) is 1.78. The summed E-state index contributed by atoms with van der Waals surface area (Å²) < 4.78 is 14.1. The molecule has 9 rings (SSSR count). The van der Waals surface area contributed by atoms with Crippen LogP contribution in [0.15, 0.2) is 29.5 Å². The minimum Gasteiger partial charge on any atom is -0.450 e. The summed E-state index contributed by atoms with van der Waals surface area (Å²) in [5.74, 6) is -0.340. The average molecular weight is 533 g/mol. The van der Waals surface area contributed by atoms with Crippen LogP contribution in [0.3, 0.4) is 0 Å². The first-order valence-electron chi connectivity index (χ1n) is 15.1. The van der Waals surface area contributed by atoms with E-state index >= 15 is 0 Å². The Labute approximate surface area is 227 Å². The fourth-order valence-corrected chi connectivity index (χ4v) is 10.0. The first-order chi connectivity index (χ1) is 19.0. The molecule has 6 fully saturated rings. The quantitative estimate of drug-likeness (QED) is 0.582. The highest BCUT2D eigenvalue weighted by molar-refractivity contribution is 5.88. The number of hydrogen-bond acceptors (Lipinski definition) is 9. The fraction of sp³-hybridized carbons (Fsp3) is 0.724. The lowest BCUT2D eigenvalue weighted by Crippen LogP contribution is -2.49. The smallest absolute Gasteiger partial charge is 0.331 e. The zero-order valence-electron chi connectivity index (χ0n) is 22.3. The van der Waals surface area contributed by atoms with Crippen molar-refractivity contribution < 1.29 is 19.1 Å². The number of carbonyl (C=O) groups is 2. The maximum Gasteiger partial charge on any atom is 0.331 e. The van der Waals surface area contributed by atoms with Gasteiger partial charge in [-0.2, -0.15) is 0 Å². The highest BCUT2D eigenvalue weighted by Gasteiger charge is 2.65. The Bertz CT molecular complexity index is 1320. The summed E-state index contributed by atoms with van der Waals surface area (Å²) in [7, 11) is 0. The van der Waals surface area contributed by atoms with Crippen molar-refractivity contribution in [3.63, 3.8) is 0 Å². The van der Waals surface area contributed by atoms with E-state index in [1.54, 1.807) is 12.2 Å². The summed E-state index contributed by atoms with van der Waals surface area (Å²) in [5, 5.41) is 13.0. The summed E-state index contributed by atoms with van der Waals surface area (Å²) in [6.45, 7) is 2.79. The van der Waals surface area contributed by atoms with Crippen LogP contribution < -0.4 is 5.32 Å². The number of aromatic nitrogens is 3. The number of fused-ring (bicyclic) bond motifs is 6. The van der Waals surface area contributed by atoms with Gasteiger partial charge in [0.05, 0.1) is 30.0 Å². The van der Waals surface area contributed by atoms with E-state index in [0.29, 0.717) is 30.7 Å². The molecule has 10 nitrogen and oxygen atoms in total. The van der Waals surface area contributed by atoms with Gasteiger partial charge in [0.25, 0.3) is 0 Å². The number of rotatable bonds is 4. The van der Waals surface area contributed by atoms with Gasteiger partial charge in [-0.15, -0.1) is 5.10 Å². The van der Waals surface area contributed by atoms with Gasteiger partial charge in [-0.05, 0) is 62.8 Å². The van der Waals surface area contributed by atoms with Crippen LogP contribution in [0.4, 0.5) is 0 Å². The summed E-state index contributed by atoms with van der Waals surface area (Å²) in [4.78, 5) is 30.0. The monoisotopic (exact) mass is 532 g/mol. The molecule has 206 valence electrons. The lowest BCUT2D eigenvalue weighted by molar-refractivity contribution is -0.149. The van der Waals surface area contributed by atoms with Crippen LogP contribution in [0.5, 0.6) is 0 Å². The average Bonchev–Trinajstić information content (AvgIpc) is 3.73. The maximum absolute atomic E-state index is 12.4. The molecule has 4 saturated heterocycles. The zero-order chi connectivity index (χ0) is 25.9. The van der Waals surface area contributed by atoms with E-state index in [9.17, 15) is 9.59 Å². The van der Waals surface area contributed by atoms with E-state index in [2.05, 4.69) is 36.3 Å². The first kappa shape index (κ1) is 23.2. The molecule has 39 heavy (non-hydrogen) atoms. The second kappa shape index (κ2) is 8.01. The normalized spacial score (nSPS) is 44.2. The van der Waals surface area contributed by atoms with Crippen molar-refractivity contribution in [2.24, 2.45) is 0 Å². The molecule has 0 aromatic carbocycles. The highest BCUT2D eigenvalue weighted by Crippen LogP contribution is 2.57. The Hall–Kier alpha value is -2.56. The molecule has 10 heteroatoms. The second-order valence-electron chi connectivity index (χ2n) is 13.2. The Morgan fingerprint density at radius 3 is 2.21 bits per heavy atom. The van der Waals surface area contributed by atoms with Crippen LogP contribution in [0.25, 0.3) is 0 Å². The minimum absolute atomic E-state index is 0.161. The van der Waals surface area contributed by atoms with E-state index < -0.39 is 5.60 Å². The third-order valence-corrected chi connectivity index (χ3v) is 11.5. The number of nitrogens with one attached hydrogen (secondary N) is 1. The molecule has 1 N–H and O–H groups in total. The lowest BCUT2D eigenvalue weighted by atomic mass is 9.75. The fourth-order valence-electron chi connectivity index (χ4n) is 10.0. The Balaban J connectivity index is 0.949. The maximum atomic E-state index is 12.4. The van der Waals surface area contributed by atoms with Crippen molar-refractivity contribution in [3.05, 3.63) is 35.2 Å². The molecule has 0 radical (unpaired) electrons. The molecular formula is C29H36N6O4. The Morgan fingerprint density at radius 1 is 0.846 bits per heavy atom. The van der Waals surface area contributed by atoms with Gasteiger partial charge in [0.15, 0.2) is 11.2 Å². The van der Waals surface area contributed by atoms with Crippen LogP contribution in [-0.4, -0.2) is 91.2 Å². The third-order valence-electron chi connectivity index (χ3n) is 11.5. The standard InChI is InChI=1S/C29H36N6O4/c36-26-11-17-9-20(22-13-28(17,38-26)24-5-1-3-7-33(22)24)30-15-19-16-35(32-31-19)21-10-18-12-27(37)39-29(18)14-23(21)34-8-4-2-6-25(29)34/h11-12,16,20-25,30H,1-10,13-15H2/t20-,21-,22-,23-,24+,25?,28-,29-/m0/s1. The van der Waals surface area contributed by atoms with Crippen LogP contribution >= 0.6 is 0 Å². The molecule has 2 spiro atoms. The molecule has 2 aliphatic carbocycles. The molecule has 1 aromatic rings. The summed E-state index contributed by atoms with van der Waals surface area (Å²) in [6, 6.07) is 1.74. The van der Waals surface area contributed by atoms with Gasteiger partial charge in [0, 0.05) is 49.7 Å². The van der Waals surface area contributed by atoms with Gasteiger partial charge in [-0.3, -0.25) is 9.80 Å². The molecule has 8 aliphatic rings. The van der Waals surface area contributed by atoms with Crippen molar-refractivity contribution >= 4 is 11.9 Å². The second-order valence-corrected chi connectivity index (χ2v) is 13.2. The van der Waals surface area contributed by atoms with Gasteiger partial charge < -0.3 is 14.8 Å². The SMILES string of the molecule is O=C1C=C2C[C@H](n3cc(CN[C@H]4CC5=CC(=O)O[C@@]56C[C@@H]4N4CCCC[C@@H]46)nn3)[C@@H]3C[C@@]2(O1)C1CCCCN13. The van der Waals surface area contributed by atoms with E-state index in [0.717, 1.165) is 62.9 Å². The van der Waals surface area contributed by atoms with Crippen molar-refractivity contribution in [2.45, 2.75) is 118 Å². The summed E-state index contributed by atoms with van der Waals surface area (Å²) in [5.41, 5.74) is 2.48. The Kier molecular flexibility index (Phi) is 4.76. The number of ether oxygens (including phenoxy) is 2. The van der Waals surface area contributed by atoms with E-state index in [1.165, 1.54) is 31.3 Å². The molecule has 7 heterocycles. The molecule has 4 bridgehead atoms. The molecule has 2 saturated carbocycles. The highest BCUT2D eigenvalue weighted by atomic mass is 16.6. The van der Waals surface area contributed by atoms with Gasteiger partial charge in [-0.1, -0.05) is 18.1 Å². The van der Waals surface area contributed by atoms with E-state index in [4.69, 9.17) is 9.47 Å². The molecular weight excluding hydrogens is 496 g/mol. The molecule has 8 atom stereocenters.